The van der Waals surface area contributed by atoms with Crippen LogP contribution in [0, 0.1) is 0 Å². The number of fused-ring (bicyclic) bond motifs is 1. The first-order valence-electron chi connectivity index (χ1n) is 16.6. The molecule has 7 heteroatoms. The zero-order chi connectivity index (χ0) is 32.6. The Morgan fingerprint density at radius 1 is 0.851 bits per heavy atom. The number of carbonyl (C=O) groups excluding carboxylic acids is 2. The molecule has 0 spiro atoms. The quantitative estimate of drug-likeness (QED) is 0.139. The Bertz CT molecular complexity index is 1780. The molecule has 47 heavy (non-hydrogen) atoms. The van der Waals surface area contributed by atoms with Crippen molar-refractivity contribution in [3.8, 4) is 5.75 Å². The number of para-hydroxylation sites is 1. The van der Waals surface area contributed by atoms with Crippen LogP contribution in [0.1, 0.15) is 57.9 Å². The second kappa shape index (κ2) is 15.1. The Morgan fingerprint density at radius 3 is 2.23 bits per heavy atom. The van der Waals surface area contributed by atoms with Gasteiger partial charge in [-0.1, -0.05) is 91.0 Å². The average Bonchev–Trinajstić information content (AvgIpc) is 3.66. The summed E-state index contributed by atoms with van der Waals surface area (Å²) in [4.78, 5) is 30.5. The summed E-state index contributed by atoms with van der Waals surface area (Å²) in [7, 11) is 4.11. The number of aromatic nitrogens is 1. The van der Waals surface area contributed by atoms with E-state index in [0.717, 1.165) is 64.8 Å². The standard InChI is InChI=1S/C40H44N4O3/c1-42(2)27-28-44-35-18-10-9-17-34(35)38(39(44)40(46)41-24-12-26-43-25-11-19-36(43)45)37(31-15-7-4-8-16-31)32-20-22-33(23-21-32)47-29-30-13-5-3-6-14-30/h3-10,13-18,20-23,37H,11-12,19,24-29H2,1-2H3,(H,41,46). The predicted octanol–water partition coefficient (Wildman–Crippen LogP) is 6.70. The molecule has 0 saturated carbocycles. The van der Waals surface area contributed by atoms with E-state index >= 15 is 0 Å². The zero-order valence-corrected chi connectivity index (χ0v) is 27.4. The maximum atomic E-state index is 14.4. The molecule has 1 aliphatic heterocycles. The van der Waals surface area contributed by atoms with Gasteiger partial charge in [0.15, 0.2) is 0 Å². The van der Waals surface area contributed by atoms with Crippen LogP contribution in [0.4, 0.5) is 0 Å². The van der Waals surface area contributed by atoms with E-state index in [0.29, 0.717) is 38.4 Å². The zero-order valence-electron chi connectivity index (χ0n) is 27.4. The summed E-state index contributed by atoms with van der Waals surface area (Å²) in [6, 6.07) is 37.3. The third-order valence-electron chi connectivity index (χ3n) is 8.94. The van der Waals surface area contributed by atoms with E-state index in [9.17, 15) is 9.59 Å². The van der Waals surface area contributed by atoms with E-state index in [1.807, 2.05) is 47.4 Å². The average molecular weight is 629 g/mol. The first-order chi connectivity index (χ1) is 23.0. The van der Waals surface area contributed by atoms with E-state index in [2.05, 4.69) is 95.6 Å². The highest BCUT2D eigenvalue weighted by Gasteiger charge is 2.30. The molecule has 2 amide bonds. The molecule has 1 saturated heterocycles. The fourth-order valence-electron chi connectivity index (χ4n) is 6.56. The molecule has 1 N–H and O–H groups in total. The fourth-order valence-corrected chi connectivity index (χ4v) is 6.56. The number of likely N-dealkylation sites (tertiary alicyclic amines) is 1. The molecule has 1 aliphatic rings. The maximum absolute atomic E-state index is 14.4. The second-order valence-electron chi connectivity index (χ2n) is 12.5. The van der Waals surface area contributed by atoms with Crippen molar-refractivity contribution in [1.29, 1.82) is 0 Å². The summed E-state index contributed by atoms with van der Waals surface area (Å²) in [5.41, 5.74) is 6.04. The van der Waals surface area contributed by atoms with E-state index in [1.54, 1.807) is 0 Å². The highest BCUT2D eigenvalue weighted by Crippen LogP contribution is 2.40. The van der Waals surface area contributed by atoms with E-state index < -0.39 is 0 Å². The van der Waals surface area contributed by atoms with Crippen molar-refractivity contribution >= 4 is 22.7 Å². The molecule has 0 aliphatic carbocycles. The van der Waals surface area contributed by atoms with Crippen LogP contribution in [-0.4, -0.2) is 66.5 Å². The molecule has 2 heterocycles. The van der Waals surface area contributed by atoms with Crippen LogP contribution in [0.5, 0.6) is 5.75 Å². The number of hydrogen-bond donors (Lipinski definition) is 1. The minimum absolute atomic E-state index is 0.0912. The molecule has 1 fully saturated rings. The third-order valence-corrected chi connectivity index (χ3v) is 8.94. The normalized spacial score (nSPS) is 13.8. The molecule has 1 unspecified atom stereocenters. The van der Waals surface area contributed by atoms with Gasteiger partial charge in [-0.15, -0.1) is 0 Å². The van der Waals surface area contributed by atoms with Crippen LogP contribution in [0.25, 0.3) is 10.9 Å². The van der Waals surface area contributed by atoms with Gasteiger partial charge in [0, 0.05) is 61.5 Å². The van der Waals surface area contributed by atoms with Crippen molar-refractivity contribution in [3.05, 3.63) is 137 Å². The molecule has 1 atom stereocenters. The van der Waals surface area contributed by atoms with Gasteiger partial charge in [0.1, 0.15) is 18.1 Å². The van der Waals surface area contributed by atoms with Crippen molar-refractivity contribution < 1.29 is 14.3 Å². The van der Waals surface area contributed by atoms with Gasteiger partial charge >= 0.3 is 0 Å². The van der Waals surface area contributed by atoms with Crippen LogP contribution in [-0.2, 0) is 17.9 Å². The van der Waals surface area contributed by atoms with Gasteiger partial charge in [-0.05, 0) is 61.8 Å². The van der Waals surface area contributed by atoms with Crippen molar-refractivity contribution in [3.63, 3.8) is 0 Å². The Hall–Kier alpha value is -4.88. The van der Waals surface area contributed by atoms with Crippen molar-refractivity contribution in [2.45, 2.75) is 38.3 Å². The van der Waals surface area contributed by atoms with Crippen molar-refractivity contribution in [2.75, 3.05) is 40.3 Å². The first-order valence-corrected chi connectivity index (χ1v) is 16.6. The lowest BCUT2D eigenvalue weighted by Crippen LogP contribution is -2.32. The number of ether oxygens (including phenoxy) is 1. The second-order valence-corrected chi connectivity index (χ2v) is 12.5. The highest BCUT2D eigenvalue weighted by atomic mass is 16.5. The number of benzene rings is 4. The molecular weight excluding hydrogens is 584 g/mol. The number of nitrogens with one attached hydrogen (secondary N) is 1. The SMILES string of the molecule is CN(C)CCn1c(C(=O)NCCCN2CCCC2=O)c(C(c2ccccc2)c2ccc(OCc3ccccc3)cc2)c2ccccc21. The van der Waals surface area contributed by atoms with Gasteiger partial charge in [-0.25, -0.2) is 0 Å². The van der Waals surface area contributed by atoms with E-state index in [1.165, 1.54) is 0 Å². The topological polar surface area (TPSA) is 66.8 Å². The van der Waals surface area contributed by atoms with E-state index in [4.69, 9.17) is 4.74 Å². The number of nitrogens with zero attached hydrogens (tertiary/aromatic N) is 3. The lowest BCUT2D eigenvalue weighted by Gasteiger charge is -2.22. The van der Waals surface area contributed by atoms with Gasteiger partial charge in [0.05, 0.1) is 0 Å². The largest absolute Gasteiger partial charge is 0.489 e. The van der Waals surface area contributed by atoms with Crippen LogP contribution >= 0.6 is 0 Å². The predicted molar refractivity (Wildman–Crippen MR) is 188 cm³/mol. The lowest BCUT2D eigenvalue weighted by molar-refractivity contribution is -0.127. The third kappa shape index (κ3) is 7.58. The Labute approximate surface area is 277 Å². The summed E-state index contributed by atoms with van der Waals surface area (Å²) in [5.74, 6) is 0.733. The van der Waals surface area contributed by atoms with Crippen molar-refractivity contribution in [2.24, 2.45) is 0 Å². The first kappa shape index (κ1) is 32.1. The number of rotatable bonds is 14. The minimum Gasteiger partial charge on any atom is -0.489 e. The highest BCUT2D eigenvalue weighted by molar-refractivity contribution is 6.03. The molecule has 0 bridgehead atoms. The smallest absolute Gasteiger partial charge is 0.268 e. The van der Waals surface area contributed by atoms with Gasteiger partial charge < -0.3 is 24.4 Å². The summed E-state index contributed by atoms with van der Waals surface area (Å²) >= 11 is 0. The molecule has 1 aromatic heterocycles. The van der Waals surface area contributed by atoms with Crippen LogP contribution in [0.15, 0.2) is 109 Å². The van der Waals surface area contributed by atoms with Crippen molar-refractivity contribution in [1.82, 2.24) is 19.7 Å². The van der Waals surface area contributed by atoms with Crippen LogP contribution in [0.2, 0.25) is 0 Å². The molecule has 7 nitrogen and oxygen atoms in total. The van der Waals surface area contributed by atoms with Gasteiger partial charge in [0.2, 0.25) is 5.91 Å². The van der Waals surface area contributed by atoms with Gasteiger partial charge in [-0.3, -0.25) is 9.59 Å². The Morgan fingerprint density at radius 2 is 1.53 bits per heavy atom. The van der Waals surface area contributed by atoms with E-state index in [-0.39, 0.29) is 17.7 Å². The molecule has 242 valence electrons. The Balaban J connectivity index is 1.38. The number of amides is 2. The molecule has 4 aromatic carbocycles. The molecular formula is C40H44N4O3. The maximum Gasteiger partial charge on any atom is 0.268 e. The number of hydrogen-bond acceptors (Lipinski definition) is 4. The number of carbonyl (C=O) groups is 2. The summed E-state index contributed by atoms with van der Waals surface area (Å²) in [6.45, 7) is 3.94. The van der Waals surface area contributed by atoms with Crippen LogP contribution < -0.4 is 10.1 Å². The van der Waals surface area contributed by atoms with Crippen LogP contribution in [0.3, 0.4) is 0 Å². The molecule has 0 radical (unpaired) electrons. The minimum atomic E-state index is -0.187. The van der Waals surface area contributed by atoms with Gasteiger partial charge in [0.25, 0.3) is 5.91 Å². The summed E-state index contributed by atoms with van der Waals surface area (Å²) in [6.07, 6.45) is 2.27. The summed E-state index contributed by atoms with van der Waals surface area (Å²) in [5, 5.41) is 4.30. The fraction of sp³-hybridized carbons (Fsp3) is 0.300. The molecule has 5 aromatic rings. The summed E-state index contributed by atoms with van der Waals surface area (Å²) < 4.78 is 8.32. The number of likely N-dealkylation sites (N-methyl/N-ethyl adjacent to an activating group) is 1. The molecule has 6 rings (SSSR count). The Kier molecular flexibility index (Phi) is 10.3. The monoisotopic (exact) mass is 628 g/mol. The lowest BCUT2D eigenvalue weighted by atomic mass is 9.83. The van der Waals surface area contributed by atoms with Gasteiger partial charge in [-0.2, -0.15) is 0 Å².